The number of hydrogen-bond acceptors (Lipinski definition) is 3. The van der Waals surface area contributed by atoms with Crippen LogP contribution in [0.15, 0.2) is 0 Å². The van der Waals surface area contributed by atoms with Gasteiger partial charge in [-0.15, -0.1) is 0 Å². The van der Waals surface area contributed by atoms with Gasteiger partial charge in [-0.3, -0.25) is 0 Å². The van der Waals surface area contributed by atoms with Crippen LogP contribution in [0.3, 0.4) is 0 Å². The zero-order valence-electron chi connectivity index (χ0n) is 11.6. The van der Waals surface area contributed by atoms with Crippen LogP contribution in [0.5, 0.6) is 0 Å². The second-order valence-electron chi connectivity index (χ2n) is 7.73. The monoisotopic (exact) mass is 252 g/mol. The molecule has 0 unspecified atom stereocenters. The zero-order chi connectivity index (χ0) is 13.2. The van der Waals surface area contributed by atoms with Crippen LogP contribution in [0, 0.1) is 11.3 Å². The standard InChI is InChI=1S/C14H24N2O2/c1-12(2,3)18-11(17)16-14-6-13(7-14,8-14)9-4-10(15)5-9/h9-10H,4-8,15H2,1-3H3,(H,16,17). The maximum absolute atomic E-state index is 11.7. The molecule has 0 aromatic rings. The van der Waals surface area contributed by atoms with Gasteiger partial charge in [0.2, 0.25) is 0 Å². The molecule has 0 atom stereocenters. The number of carbonyl (C=O) groups excluding carboxylic acids is 1. The second-order valence-corrected chi connectivity index (χ2v) is 7.73. The number of amides is 1. The Hall–Kier alpha value is -0.770. The van der Waals surface area contributed by atoms with E-state index in [2.05, 4.69) is 5.32 Å². The van der Waals surface area contributed by atoms with Crippen molar-refractivity contribution in [3.05, 3.63) is 0 Å². The van der Waals surface area contributed by atoms with Gasteiger partial charge in [0.25, 0.3) is 0 Å². The molecule has 1 amide bonds. The number of nitrogens with two attached hydrogens (primary N) is 1. The molecular formula is C14H24N2O2. The third kappa shape index (κ3) is 1.81. The topological polar surface area (TPSA) is 64.3 Å². The Labute approximate surface area is 109 Å². The number of hydrogen-bond donors (Lipinski definition) is 2. The highest BCUT2D eigenvalue weighted by Gasteiger charge is 2.72. The van der Waals surface area contributed by atoms with Gasteiger partial charge in [0, 0.05) is 11.6 Å². The van der Waals surface area contributed by atoms with Crippen LogP contribution in [0.2, 0.25) is 0 Å². The minimum absolute atomic E-state index is 0.0576. The molecule has 18 heavy (non-hydrogen) atoms. The molecular weight excluding hydrogens is 228 g/mol. The van der Waals surface area contributed by atoms with E-state index in [1.807, 2.05) is 20.8 Å². The van der Waals surface area contributed by atoms with Gasteiger partial charge in [-0.25, -0.2) is 4.79 Å². The first-order valence-electron chi connectivity index (χ1n) is 6.99. The van der Waals surface area contributed by atoms with Crippen LogP contribution >= 0.6 is 0 Å². The summed E-state index contributed by atoms with van der Waals surface area (Å²) in [6.07, 6.45) is 5.51. The maximum atomic E-state index is 11.7. The molecule has 0 aromatic heterocycles. The van der Waals surface area contributed by atoms with Gasteiger partial charge in [0.1, 0.15) is 5.60 Å². The number of carbonyl (C=O) groups is 1. The molecule has 0 radical (unpaired) electrons. The molecule has 4 aliphatic rings. The van der Waals surface area contributed by atoms with Gasteiger partial charge in [0.15, 0.2) is 0 Å². The SMILES string of the molecule is CC(C)(C)OC(=O)NC12CC(C3CC(N)C3)(C1)C2. The highest BCUT2D eigenvalue weighted by atomic mass is 16.6. The minimum Gasteiger partial charge on any atom is -0.444 e. The molecule has 4 nitrogen and oxygen atoms in total. The predicted molar refractivity (Wildman–Crippen MR) is 69.1 cm³/mol. The van der Waals surface area contributed by atoms with Crippen molar-refractivity contribution in [2.45, 2.75) is 70.1 Å². The van der Waals surface area contributed by atoms with Crippen molar-refractivity contribution >= 4 is 6.09 Å². The largest absolute Gasteiger partial charge is 0.444 e. The first-order valence-corrected chi connectivity index (χ1v) is 6.99. The van der Waals surface area contributed by atoms with E-state index in [1.54, 1.807) is 0 Å². The zero-order valence-corrected chi connectivity index (χ0v) is 11.6. The van der Waals surface area contributed by atoms with E-state index >= 15 is 0 Å². The molecule has 0 heterocycles. The van der Waals surface area contributed by atoms with Crippen molar-refractivity contribution in [3.8, 4) is 0 Å². The molecule has 0 aromatic carbocycles. The van der Waals surface area contributed by atoms with Crippen molar-refractivity contribution < 1.29 is 9.53 Å². The minimum atomic E-state index is -0.411. The van der Waals surface area contributed by atoms with Crippen molar-refractivity contribution in [1.29, 1.82) is 0 Å². The molecule has 0 spiro atoms. The molecule has 4 rings (SSSR count). The van der Waals surface area contributed by atoms with Gasteiger partial charge in [-0.1, -0.05) is 0 Å². The summed E-state index contributed by atoms with van der Waals surface area (Å²) < 4.78 is 5.31. The van der Waals surface area contributed by atoms with E-state index in [0.29, 0.717) is 11.5 Å². The Bertz CT molecular complexity index is 360. The van der Waals surface area contributed by atoms with E-state index in [-0.39, 0.29) is 11.6 Å². The van der Waals surface area contributed by atoms with E-state index in [9.17, 15) is 4.79 Å². The van der Waals surface area contributed by atoms with E-state index in [1.165, 1.54) is 12.8 Å². The molecule has 0 saturated heterocycles. The predicted octanol–water partition coefficient (Wildman–Crippen LogP) is 2.17. The first-order chi connectivity index (χ1) is 8.22. The van der Waals surface area contributed by atoms with Gasteiger partial charge < -0.3 is 15.8 Å². The lowest BCUT2D eigenvalue weighted by Gasteiger charge is -2.75. The Balaban J connectivity index is 1.47. The van der Waals surface area contributed by atoms with Crippen LogP contribution in [0.1, 0.15) is 52.9 Å². The van der Waals surface area contributed by atoms with E-state index in [4.69, 9.17) is 10.5 Å². The lowest BCUT2D eigenvalue weighted by atomic mass is 9.33. The number of nitrogens with one attached hydrogen (secondary N) is 1. The lowest BCUT2D eigenvalue weighted by Crippen LogP contribution is -2.78. The third-order valence-electron chi connectivity index (χ3n) is 4.88. The molecule has 0 aliphatic heterocycles. The third-order valence-corrected chi connectivity index (χ3v) is 4.88. The van der Waals surface area contributed by atoms with Crippen LogP contribution < -0.4 is 11.1 Å². The summed E-state index contributed by atoms with van der Waals surface area (Å²) >= 11 is 0. The normalized spacial score (nSPS) is 45.3. The van der Waals surface area contributed by atoms with Crippen molar-refractivity contribution in [3.63, 3.8) is 0 Å². The van der Waals surface area contributed by atoms with E-state index < -0.39 is 5.60 Å². The summed E-state index contributed by atoms with van der Waals surface area (Å²) in [6, 6.07) is 0.429. The summed E-state index contributed by atoms with van der Waals surface area (Å²) in [5.41, 5.74) is 6.02. The fourth-order valence-corrected chi connectivity index (χ4v) is 4.11. The highest BCUT2D eigenvalue weighted by Crippen LogP contribution is 2.73. The average molecular weight is 252 g/mol. The Kier molecular flexibility index (Phi) is 2.32. The van der Waals surface area contributed by atoms with Crippen molar-refractivity contribution in [2.24, 2.45) is 17.1 Å². The van der Waals surface area contributed by atoms with Gasteiger partial charge in [0.05, 0.1) is 0 Å². The maximum Gasteiger partial charge on any atom is 0.408 e. The molecule has 4 fully saturated rings. The van der Waals surface area contributed by atoms with Crippen LogP contribution in [0.4, 0.5) is 4.79 Å². The summed E-state index contributed by atoms with van der Waals surface area (Å²) in [5, 5.41) is 3.06. The van der Waals surface area contributed by atoms with Crippen LogP contribution in [-0.2, 0) is 4.74 Å². The van der Waals surface area contributed by atoms with Gasteiger partial charge in [-0.05, 0) is 64.2 Å². The summed E-state index contributed by atoms with van der Waals surface area (Å²) in [6.45, 7) is 5.68. The summed E-state index contributed by atoms with van der Waals surface area (Å²) in [5.74, 6) is 0.815. The number of alkyl carbamates (subject to hydrolysis) is 1. The van der Waals surface area contributed by atoms with E-state index in [0.717, 1.165) is 25.2 Å². The quantitative estimate of drug-likeness (QED) is 0.791. The molecule has 4 heteroatoms. The fraction of sp³-hybridized carbons (Fsp3) is 0.929. The Morgan fingerprint density at radius 3 is 2.28 bits per heavy atom. The molecule has 102 valence electrons. The highest BCUT2D eigenvalue weighted by molar-refractivity contribution is 5.70. The Morgan fingerprint density at radius 1 is 1.28 bits per heavy atom. The molecule has 4 aliphatic carbocycles. The lowest BCUT2D eigenvalue weighted by molar-refractivity contribution is -0.206. The summed E-state index contributed by atoms with van der Waals surface area (Å²) in [7, 11) is 0. The molecule has 2 bridgehead atoms. The van der Waals surface area contributed by atoms with Crippen LogP contribution in [-0.4, -0.2) is 23.3 Å². The average Bonchev–Trinajstić information content (AvgIpc) is 2.00. The second kappa shape index (κ2) is 3.41. The number of rotatable bonds is 2. The summed E-state index contributed by atoms with van der Waals surface area (Å²) in [4.78, 5) is 11.7. The first kappa shape index (κ1) is 12.3. The molecule has 3 N–H and O–H groups in total. The number of ether oxygens (including phenoxy) is 1. The van der Waals surface area contributed by atoms with Gasteiger partial charge >= 0.3 is 6.09 Å². The smallest absolute Gasteiger partial charge is 0.408 e. The Morgan fingerprint density at radius 2 is 1.83 bits per heavy atom. The van der Waals surface area contributed by atoms with Crippen LogP contribution in [0.25, 0.3) is 0 Å². The fourth-order valence-electron chi connectivity index (χ4n) is 4.11. The molecule has 4 saturated carbocycles. The van der Waals surface area contributed by atoms with Crippen molar-refractivity contribution in [2.75, 3.05) is 0 Å². The van der Waals surface area contributed by atoms with Gasteiger partial charge in [-0.2, -0.15) is 0 Å². The van der Waals surface area contributed by atoms with Crippen molar-refractivity contribution in [1.82, 2.24) is 5.32 Å².